The maximum atomic E-state index is 8.70. The minimum absolute atomic E-state index is 0.205. The zero-order valence-corrected chi connectivity index (χ0v) is 6.48. The summed E-state index contributed by atoms with van der Waals surface area (Å²) in [4.78, 5) is 8.70. The summed E-state index contributed by atoms with van der Waals surface area (Å²) >= 11 is 0. The zero-order valence-electron chi connectivity index (χ0n) is 5.59. The summed E-state index contributed by atoms with van der Waals surface area (Å²) in [5.41, 5.74) is 0. The molecule has 0 amide bonds. The smallest absolute Gasteiger partial charge is 0.164 e. The molecule has 0 aromatic rings. The van der Waals surface area contributed by atoms with Gasteiger partial charge >= 0.3 is 0 Å². The number of hydrogen-bond donors (Lipinski definition) is 1. The van der Waals surface area contributed by atoms with E-state index in [1.54, 1.807) is 6.66 Å². The molecule has 2 nitrogen and oxygen atoms in total. The molecule has 2 atom stereocenters. The van der Waals surface area contributed by atoms with E-state index in [2.05, 4.69) is 0 Å². The van der Waals surface area contributed by atoms with Gasteiger partial charge in [0.1, 0.15) is 0 Å². The van der Waals surface area contributed by atoms with Crippen molar-refractivity contribution in [3.63, 3.8) is 0 Å². The van der Waals surface area contributed by atoms with E-state index < -0.39 is 8.38 Å². The van der Waals surface area contributed by atoms with Gasteiger partial charge < -0.3 is 9.42 Å². The van der Waals surface area contributed by atoms with Crippen LogP contribution in [0.4, 0.5) is 0 Å². The molecule has 8 heavy (non-hydrogen) atoms. The third-order valence-electron chi connectivity index (χ3n) is 0.907. The van der Waals surface area contributed by atoms with E-state index in [1.807, 2.05) is 13.8 Å². The maximum absolute atomic E-state index is 8.70. The monoisotopic (exact) mass is 136 g/mol. The van der Waals surface area contributed by atoms with Crippen LogP contribution in [0.25, 0.3) is 0 Å². The fourth-order valence-electron chi connectivity index (χ4n) is 0.335. The van der Waals surface area contributed by atoms with Crippen molar-refractivity contribution in [2.75, 3.05) is 6.66 Å². The van der Waals surface area contributed by atoms with Crippen LogP contribution in [0, 0.1) is 0 Å². The first-order valence-electron chi connectivity index (χ1n) is 2.76. The fraction of sp³-hybridized carbons (Fsp3) is 1.00. The summed E-state index contributed by atoms with van der Waals surface area (Å²) in [5, 5.41) is 0. The fourth-order valence-corrected chi connectivity index (χ4v) is 1.00. The Morgan fingerprint density at radius 1 is 1.75 bits per heavy atom. The van der Waals surface area contributed by atoms with Crippen LogP contribution in [0.5, 0.6) is 0 Å². The van der Waals surface area contributed by atoms with Crippen LogP contribution in [0.3, 0.4) is 0 Å². The molecule has 0 aliphatic carbocycles. The van der Waals surface area contributed by atoms with E-state index in [4.69, 9.17) is 9.42 Å². The van der Waals surface area contributed by atoms with Crippen molar-refractivity contribution < 1.29 is 9.42 Å². The van der Waals surface area contributed by atoms with Gasteiger partial charge in [0.25, 0.3) is 0 Å². The van der Waals surface area contributed by atoms with Gasteiger partial charge in [-0.15, -0.1) is 0 Å². The molecule has 0 aliphatic heterocycles. The predicted molar refractivity (Wildman–Crippen MR) is 35.9 cm³/mol. The Balaban J connectivity index is 3.10. The first-order chi connectivity index (χ1) is 3.66. The van der Waals surface area contributed by atoms with Gasteiger partial charge in [-0.3, -0.25) is 0 Å². The van der Waals surface area contributed by atoms with Crippen LogP contribution in [-0.4, -0.2) is 17.7 Å². The summed E-state index contributed by atoms with van der Waals surface area (Å²) in [6.45, 7) is 5.67. The third-order valence-corrected chi connectivity index (χ3v) is 1.57. The molecule has 0 rings (SSSR count). The average molecular weight is 136 g/mol. The van der Waals surface area contributed by atoms with Gasteiger partial charge in [-0.05, 0) is 13.3 Å². The first kappa shape index (κ1) is 8.35. The van der Waals surface area contributed by atoms with Crippen molar-refractivity contribution in [3.8, 4) is 0 Å². The lowest BCUT2D eigenvalue weighted by molar-refractivity contribution is 0.219. The Bertz CT molecular complexity index is 56.4. The lowest BCUT2D eigenvalue weighted by Gasteiger charge is -2.10. The van der Waals surface area contributed by atoms with E-state index in [-0.39, 0.29) is 6.10 Å². The maximum Gasteiger partial charge on any atom is 0.164 e. The van der Waals surface area contributed by atoms with Crippen LogP contribution in [0.15, 0.2) is 0 Å². The molecular formula is C5H13O2P. The topological polar surface area (TPSA) is 29.5 Å². The SMILES string of the molecule is CCC(C)OP(C)O. The van der Waals surface area contributed by atoms with Crippen molar-refractivity contribution in [1.82, 2.24) is 0 Å². The van der Waals surface area contributed by atoms with E-state index in [0.717, 1.165) is 6.42 Å². The lowest BCUT2D eigenvalue weighted by Crippen LogP contribution is -2.00. The molecule has 0 aliphatic rings. The van der Waals surface area contributed by atoms with Crippen LogP contribution >= 0.6 is 8.38 Å². The Labute approximate surface area is 51.8 Å². The standard InChI is InChI=1S/C5H13O2P/c1-4-5(2)7-8(3)6/h5-6H,4H2,1-3H3. The molecule has 1 N–H and O–H groups in total. The molecule has 0 heterocycles. The highest BCUT2D eigenvalue weighted by molar-refractivity contribution is 7.45. The highest BCUT2D eigenvalue weighted by Gasteiger charge is 2.01. The molecule has 3 heteroatoms. The molecule has 0 radical (unpaired) electrons. The molecule has 0 aromatic heterocycles. The van der Waals surface area contributed by atoms with E-state index >= 15 is 0 Å². The Hall–Kier alpha value is 0.350. The normalized spacial score (nSPS) is 18.0. The van der Waals surface area contributed by atoms with Gasteiger partial charge in [-0.2, -0.15) is 0 Å². The molecule has 0 saturated carbocycles. The quantitative estimate of drug-likeness (QED) is 0.599. The van der Waals surface area contributed by atoms with Crippen molar-refractivity contribution in [3.05, 3.63) is 0 Å². The molecular weight excluding hydrogens is 123 g/mol. The highest BCUT2D eigenvalue weighted by atomic mass is 31.2. The van der Waals surface area contributed by atoms with Crippen LogP contribution in [-0.2, 0) is 4.52 Å². The van der Waals surface area contributed by atoms with Crippen molar-refractivity contribution in [1.29, 1.82) is 0 Å². The molecule has 0 fully saturated rings. The average Bonchev–Trinajstić information content (AvgIpc) is 1.65. The number of hydrogen-bond acceptors (Lipinski definition) is 2. The van der Waals surface area contributed by atoms with E-state index in [9.17, 15) is 0 Å². The second-order valence-electron chi connectivity index (χ2n) is 1.79. The molecule has 0 saturated heterocycles. The van der Waals surface area contributed by atoms with Gasteiger partial charge in [0.15, 0.2) is 8.38 Å². The Morgan fingerprint density at radius 3 is 2.38 bits per heavy atom. The van der Waals surface area contributed by atoms with Crippen molar-refractivity contribution in [2.24, 2.45) is 0 Å². The second-order valence-corrected chi connectivity index (χ2v) is 2.93. The molecule has 2 unspecified atom stereocenters. The van der Waals surface area contributed by atoms with E-state index in [0.29, 0.717) is 0 Å². The first-order valence-corrected chi connectivity index (χ1v) is 4.42. The summed E-state index contributed by atoms with van der Waals surface area (Å²) < 4.78 is 5.02. The van der Waals surface area contributed by atoms with Crippen molar-refractivity contribution in [2.45, 2.75) is 26.4 Å². The van der Waals surface area contributed by atoms with Crippen LogP contribution in [0.2, 0.25) is 0 Å². The van der Waals surface area contributed by atoms with Gasteiger partial charge in [0.05, 0.1) is 6.10 Å². The molecule has 0 aromatic carbocycles. The summed E-state index contributed by atoms with van der Waals surface area (Å²) in [7, 11) is -1.15. The summed E-state index contributed by atoms with van der Waals surface area (Å²) in [5.74, 6) is 0. The molecule has 50 valence electrons. The van der Waals surface area contributed by atoms with Crippen molar-refractivity contribution >= 4 is 8.38 Å². The van der Waals surface area contributed by atoms with E-state index in [1.165, 1.54) is 0 Å². The minimum atomic E-state index is -1.15. The summed E-state index contributed by atoms with van der Waals surface area (Å²) in [6.07, 6.45) is 1.17. The minimum Gasteiger partial charge on any atom is -0.350 e. The zero-order chi connectivity index (χ0) is 6.57. The van der Waals surface area contributed by atoms with Gasteiger partial charge in [0, 0.05) is 6.66 Å². The molecule has 0 bridgehead atoms. The van der Waals surface area contributed by atoms with Crippen LogP contribution < -0.4 is 0 Å². The number of rotatable bonds is 3. The van der Waals surface area contributed by atoms with Gasteiger partial charge in [0.2, 0.25) is 0 Å². The Kier molecular flexibility index (Phi) is 4.44. The Morgan fingerprint density at radius 2 is 2.25 bits per heavy atom. The largest absolute Gasteiger partial charge is 0.350 e. The third kappa shape index (κ3) is 4.51. The highest BCUT2D eigenvalue weighted by Crippen LogP contribution is 2.27. The predicted octanol–water partition coefficient (Wildman–Crippen LogP) is 1.74. The molecule has 0 spiro atoms. The van der Waals surface area contributed by atoms with Crippen LogP contribution in [0.1, 0.15) is 20.3 Å². The lowest BCUT2D eigenvalue weighted by atomic mass is 10.3. The second kappa shape index (κ2) is 4.25. The summed E-state index contributed by atoms with van der Waals surface area (Å²) in [6, 6.07) is 0. The van der Waals surface area contributed by atoms with Gasteiger partial charge in [-0.1, -0.05) is 6.92 Å². The van der Waals surface area contributed by atoms with Gasteiger partial charge in [-0.25, -0.2) is 0 Å².